The summed E-state index contributed by atoms with van der Waals surface area (Å²) in [5.41, 5.74) is -0.749. The van der Waals surface area contributed by atoms with Crippen molar-refractivity contribution in [3.05, 3.63) is 28.0 Å². The van der Waals surface area contributed by atoms with Gasteiger partial charge in [-0.05, 0) is 19.1 Å². The van der Waals surface area contributed by atoms with Crippen molar-refractivity contribution < 1.29 is 27.5 Å². The van der Waals surface area contributed by atoms with Crippen LogP contribution < -0.4 is 4.89 Å². The Morgan fingerprint density at radius 2 is 2.17 bits per heavy atom. The molecule has 1 aromatic rings. The molecule has 1 rings (SSSR count). The van der Waals surface area contributed by atoms with Gasteiger partial charge in [0.25, 0.3) is 10.0 Å². The van der Waals surface area contributed by atoms with Gasteiger partial charge in [0.2, 0.25) is 0 Å². The fraction of sp³-hybridized carbons (Fsp3) is 0.222. The summed E-state index contributed by atoms with van der Waals surface area (Å²) < 4.78 is 37.2. The van der Waals surface area contributed by atoms with E-state index >= 15 is 0 Å². The standard InChI is InChI=1S/C9H9BrFNO5S/c1-2-17-12-18(15,16)7-4-5(10)3-6(8(7)11)9(13)14/h3-4,12H,2H2,1H3,(H,13,14). The van der Waals surface area contributed by atoms with Gasteiger partial charge in [-0.2, -0.15) is 0 Å². The van der Waals surface area contributed by atoms with Gasteiger partial charge in [0.1, 0.15) is 4.90 Å². The van der Waals surface area contributed by atoms with Crippen molar-refractivity contribution in [1.29, 1.82) is 0 Å². The van der Waals surface area contributed by atoms with Crippen molar-refractivity contribution in [1.82, 2.24) is 4.89 Å². The molecule has 100 valence electrons. The van der Waals surface area contributed by atoms with Gasteiger partial charge in [-0.15, -0.1) is 0 Å². The minimum absolute atomic E-state index is 0.0423. The molecule has 9 heteroatoms. The molecule has 0 spiro atoms. The van der Waals surface area contributed by atoms with Crippen LogP contribution in [0.4, 0.5) is 4.39 Å². The maximum absolute atomic E-state index is 13.7. The number of halogens is 2. The van der Waals surface area contributed by atoms with E-state index in [0.29, 0.717) is 0 Å². The predicted molar refractivity (Wildman–Crippen MR) is 63.0 cm³/mol. The lowest BCUT2D eigenvalue weighted by Crippen LogP contribution is -2.25. The summed E-state index contributed by atoms with van der Waals surface area (Å²) in [5, 5.41) is 8.75. The molecule has 0 radical (unpaired) electrons. The summed E-state index contributed by atoms with van der Waals surface area (Å²) >= 11 is 2.91. The number of carbonyl (C=O) groups is 1. The molecule has 0 heterocycles. The molecule has 18 heavy (non-hydrogen) atoms. The molecule has 0 aliphatic rings. The van der Waals surface area contributed by atoms with Crippen molar-refractivity contribution in [3.8, 4) is 0 Å². The van der Waals surface area contributed by atoms with Gasteiger partial charge < -0.3 is 5.11 Å². The van der Waals surface area contributed by atoms with Crippen molar-refractivity contribution in [2.24, 2.45) is 0 Å². The number of benzene rings is 1. The molecule has 2 N–H and O–H groups in total. The van der Waals surface area contributed by atoms with Crippen LogP contribution in [0.15, 0.2) is 21.5 Å². The van der Waals surface area contributed by atoms with E-state index in [2.05, 4.69) is 20.8 Å². The van der Waals surface area contributed by atoms with E-state index in [9.17, 15) is 17.6 Å². The minimum atomic E-state index is -4.27. The molecule has 6 nitrogen and oxygen atoms in total. The van der Waals surface area contributed by atoms with E-state index in [0.717, 1.165) is 12.1 Å². The Kier molecular flexibility index (Phi) is 4.79. The first-order valence-corrected chi connectivity index (χ1v) is 6.93. The number of sulfonamides is 1. The maximum atomic E-state index is 13.7. The molecule has 0 fully saturated rings. The summed E-state index contributed by atoms with van der Waals surface area (Å²) in [5.74, 6) is -2.92. The van der Waals surface area contributed by atoms with Gasteiger partial charge >= 0.3 is 5.97 Å². The molecule has 0 aromatic heterocycles. The van der Waals surface area contributed by atoms with Crippen LogP contribution in [0.25, 0.3) is 0 Å². The molecule has 0 bridgehead atoms. The van der Waals surface area contributed by atoms with Gasteiger partial charge in [-0.3, -0.25) is 4.84 Å². The van der Waals surface area contributed by atoms with E-state index in [4.69, 9.17) is 5.11 Å². The second-order valence-electron chi connectivity index (χ2n) is 3.09. The largest absolute Gasteiger partial charge is 0.478 e. The fourth-order valence-corrected chi connectivity index (χ4v) is 2.70. The molecule has 0 unspecified atom stereocenters. The zero-order valence-electron chi connectivity index (χ0n) is 9.11. The van der Waals surface area contributed by atoms with Gasteiger partial charge in [-0.25, -0.2) is 17.6 Å². The number of hydrogen-bond acceptors (Lipinski definition) is 4. The highest BCUT2D eigenvalue weighted by atomic mass is 79.9. The Bertz CT molecular complexity index is 575. The van der Waals surface area contributed by atoms with Crippen LogP contribution in [0.2, 0.25) is 0 Å². The van der Waals surface area contributed by atoms with Crippen LogP contribution in [0.1, 0.15) is 17.3 Å². The van der Waals surface area contributed by atoms with E-state index < -0.39 is 32.3 Å². The van der Waals surface area contributed by atoms with Gasteiger partial charge in [-0.1, -0.05) is 20.8 Å². The average Bonchev–Trinajstić information content (AvgIpc) is 2.28. The van der Waals surface area contributed by atoms with Gasteiger partial charge in [0, 0.05) is 4.47 Å². The maximum Gasteiger partial charge on any atom is 0.338 e. The SMILES string of the molecule is CCONS(=O)(=O)c1cc(Br)cc(C(=O)O)c1F. The summed E-state index contributed by atoms with van der Waals surface area (Å²) in [6, 6.07) is 1.92. The molecule has 0 amide bonds. The zero-order chi connectivity index (χ0) is 13.9. The quantitative estimate of drug-likeness (QED) is 0.792. The highest BCUT2D eigenvalue weighted by molar-refractivity contribution is 9.10. The van der Waals surface area contributed by atoms with Crippen LogP contribution >= 0.6 is 15.9 Å². The van der Waals surface area contributed by atoms with Crippen LogP contribution in [-0.4, -0.2) is 26.1 Å². The van der Waals surface area contributed by atoms with E-state index in [1.807, 2.05) is 0 Å². The van der Waals surface area contributed by atoms with E-state index in [1.54, 1.807) is 4.89 Å². The molecule has 0 saturated carbocycles. The normalized spacial score (nSPS) is 11.5. The van der Waals surface area contributed by atoms with Crippen molar-refractivity contribution in [2.45, 2.75) is 11.8 Å². The van der Waals surface area contributed by atoms with E-state index in [-0.39, 0.29) is 11.1 Å². The van der Waals surface area contributed by atoms with Gasteiger partial charge in [0.15, 0.2) is 5.82 Å². The second-order valence-corrected chi connectivity index (χ2v) is 5.62. The molecular formula is C9H9BrFNO5S. The highest BCUT2D eigenvalue weighted by Crippen LogP contribution is 2.24. The van der Waals surface area contributed by atoms with Gasteiger partial charge in [0.05, 0.1) is 12.2 Å². The average molecular weight is 342 g/mol. The molecular weight excluding hydrogens is 333 g/mol. The first kappa shape index (κ1) is 15.0. The number of aromatic carboxylic acids is 1. The number of carboxylic acids is 1. The van der Waals surface area contributed by atoms with Crippen LogP contribution in [0.5, 0.6) is 0 Å². The molecule has 0 aliphatic heterocycles. The molecule has 1 aromatic carbocycles. The highest BCUT2D eigenvalue weighted by Gasteiger charge is 2.25. The Labute approximate surface area is 111 Å². The number of carboxylic acid groups (broad SMARTS) is 1. The Balaban J connectivity index is 3.37. The second kappa shape index (κ2) is 5.74. The number of rotatable bonds is 5. The van der Waals surface area contributed by atoms with Crippen molar-refractivity contribution >= 4 is 31.9 Å². The summed E-state index contributed by atoms with van der Waals surface area (Å²) in [6.07, 6.45) is 0. The smallest absolute Gasteiger partial charge is 0.338 e. The third kappa shape index (κ3) is 3.25. The third-order valence-corrected chi connectivity index (χ3v) is 3.51. The predicted octanol–water partition coefficient (Wildman–Crippen LogP) is 1.52. The lowest BCUT2D eigenvalue weighted by Gasteiger charge is -2.09. The lowest BCUT2D eigenvalue weighted by molar-refractivity contribution is 0.0691. The lowest BCUT2D eigenvalue weighted by atomic mass is 10.2. The fourth-order valence-electron chi connectivity index (χ4n) is 1.10. The zero-order valence-corrected chi connectivity index (χ0v) is 11.5. The Hall–Kier alpha value is -1.03. The molecule has 0 saturated heterocycles. The van der Waals surface area contributed by atoms with Crippen LogP contribution in [0, 0.1) is 5.82 Å². The number of hydrogen-bond donors (Lipinski definition) is 2. The van der Waals surface area contributed by atoms with E-state index in [1.165, 1.54) is 6.92 Å². The summed E-state index contributed by atoms with van der Waals surface area (Å²) in [4.78, 5) is 16.1. The van der Waals surface area contributed by atoms with Crippen molar-refractivity contribution in [3.63, 3.8) is 0 Å². The first-order chi connectivity index (χ1) is 8.29. The number of nitrogens with one attached hydrogen (secondary N) is 1. The molecule has 0 atom stereocenters. The third-order valence-electron chi connectivity index (χ3n) is 1.84. The van der Waals surface area contributed by atoms with Crippen LogP contribution in [-0.2, 0) is 14.9 Å². The summed E-state index contributed by atoms with van der Waals surface area (Å²) in [7, 11) is -4.27. The minimum Gasteiger partial charge on any atom is -0.478 e. The summed E-state index contributed by atoms with van der Waals surface area (Å²) in [6.45, 7) is 1.57. The van der Waals surface area contributed by atoms with Crippen LogP contribution in [0.3, 0.4) is 0 Å². The molecule has 0 aliphatic carbocycles. The monoisotopic (exact) mass is 341 g/mol. The van der Waals surface area contributed by atoms with Crippen molar-refractivity contribution in [2.75, 3.05) is 6.61 Å². The Morgan fingerprint density at radius 3 is 2.67 bits per heavy atom. The topological polar surface area (TPSA) is 92.7 Å². The first-order valence-electron chi connectivity index (χ1n) is 4.65. The Morgan fingerprint density at radius 1 is 1.56 bits per heavy atom.